The highest BCUT2D eigenvalue weighted by Gasteiger charge is 2.22. The van der Waals surface area contributed by atoms with Crippen LogP contribution in [0, 0.1) is 19.3 Å². The van der Waals surface area contributed by atoms with Crippen molar-refractivity contribution < 1.29 is 19.1 Å². The van der Waals surface area contributed by atoms with Gasteiger partial charge in [0.15, 0.2) is 6.61 Å². The van der Waals surface area contributed by atoms with Gasteiger partial charge in [-0.2, -0.15) is 0 Å². The first-order valence-corrected chi connectivity index (χ1v) is 11.2. The van der Waals surface area contributed by atoms with Crippen LogP contribution in [0.25, 0.3) is 5.69 Å². The first kappa shape index (κ1) is 23.5. The van der Waals surface area contributed by atoms with Crippen LogP contribution in [0.3, 0.4) is 0 Å². The Kier molecular flexibility index (Phi) is 6.99. The van der Waals surface area contributed by atoms with Crippen molar-refractivity contribution >= 4 is 29.0 Å². The number of carbonyl (C=O) groups excluding carboxylic acids is 3. The van der Waals surface area contributed by atoms with Crippen LogP contribution >= 0.6 is 11.3 Å². The third-order valence-corrected chi connectivity index (χ3v) is 6.17. The smallest absolute Gasteiger partial charge is 0.340 e. The molecule has 1 amide bonds. The molecule has 6 nitrogen and oxygen atoms in total. The van der Waals surface area contributed by atoms with E-state index in [1.54, 1.807) is 18.2 Å². The largest absolute Gasteiger partial charge is 0.454 e. The van der Waals surface area contributed by atoms with Gasteiger partial charge >= 0.3 is 5.97 Å². The van der Waals surface area contributed by atoms with E-state index < -0.39 is 11.4 Å². The summed E-state index contributed by atoms with van der Waals surface area (Å²) in [6.45, 7) is 9.34. The zero-order valence-corrected chi connectivity index (χ0v) is 19.8. The molecule has 0 aliphatic carbocycles. The van der Waals surface area contributed by atoms with E-state index in [0.717, 1.165) is 22.0 Å². The van der Waals surface area contributed by atoms with Crippen molar-refractivity contribution in [1.82, 2.24) is 9.88 Å². The van der Waals surface area contributed by atoms with Crippen LogP contribution in [0.1, 0.15) is 57.1 Å². The number of aromatic nitrogens is 1. The normalized spacial score (nSPS) is 11.3. The quantitative estimate of drug-likeness (QED) is 0.410. The number of rotatable bonds is 7. The number of hydrogen-bond acceptors (Lipinski definition) is 5. The number of aryl methyl sites for hydroxylation is 1. The molecule has 1 aromatic carbocycles. The molecule has 0 atom stereocenters. The predicted octanol–water partition coefficient (Wildman–Crippen LogP) is 4.86. The first-order chi connectivity index (χ1) is 15.1. The molecule has 3 aromatic rings. The molecule has 0 unspecified atom stereocenters. The standard InChI is InChI=1S/C25H28N2O4S/c1-16-13-20(17(2)27(16)18-9-7-6-8-10-18)23(29)31-15-21(28)22-12-11-19(32-22)14-26-24(30)25(3,4)5/h6-13H,14-15H2,1-5H3,(H,26,30). The minimum Gasteiger partial charge on any atom is -0.454 e. The average Bonchev–Trinajstić information content (AvgIpc) is 3.34. The molecule has 32 heavy (non-hydrogen) atoms. The van der Waals surface area contributed by atoms with Crippen molar-refractivity contribution in [2.75, 3.05) is 6.61 Å². The summed E-state index contributed by atoms with van der Waals surface area (Å²) in [6, 6.07) is 15.0. The van der Waals surface area contributed by atoms with E-state index in [1.807, 2.05) is 69.5 Å². The number of nitrogens with zero attached hydrogens (tertiary/aromatic N) is 1. The van der Waals surface area contributed by atoms with E-state index in [9.17, 15) is 14.4 Å². The lowest BCUT2D eigenvalue weighted by atomic mass is 9.96. The Morgan fingerprint density at radius 2 is 1.72 bits per heavy atom. The van der Waals surface area contributed by atoms with E-state index in [-0.39, 0.29) is 18.3 Å². The summed E-state index contributed by atoms with van der Waals surface area (Å²) >= 11 is 1.29. The van der Waals surface area contributed by atoms with Gasteiger partial charge < -0.3 is 14.6 Å². The van der Waals surface area contributed by atoms with Crippen LogP contribution in [0.5, 0.6) is 0 Å². The lowest BCUT2D eigenvalue weighted by Gasteiger charge is -2.17. The number of ketones is 1. The fraction of sp³-hybridized carbons (Fsp3) is 0.320. The molecular formula is C25H28N2O4S. The maximum Gasteiger partial charge on any atom is 0.340 e. The molecule has 0 aliphatic rings. The Balaban J connectivity index is 1.61. The minimum absolute atomic E-state index is 0.0548. The molecule has 1 N–H and O–H groups in total. The number of hydrogen-bond donors (Lipinski definition) is 1. The van der Waals surface area contributed by atoms with Gasteiger partial charge in [0, 0.05) is 27.4 Å². The summed E-state index contributed by atoms with van der Waals surface area (Å²) in [6.07, 6.45) is 0. The van der Waals surface area contributed by atoms with Gasteiger partial charge in [-0.15, -0.1) is 11.3 Å². The molecular weight excluding hydrogens is 424 g/mol. The Morgan fingerprint density at radius 1 is 1.03 bits per heavy atom. The van der Waals surface area contributed by atoms with Crippen LogP contribution in [-0.2, 0) is 16.1 Å². The number of thiophene rings is 1. The van der Waals surface area contributed by atoms with Crippen LogP contribution in [0.4, 0.5) is 0 Å². The highest BCUT2D eigenvalue weighted by Crippen LogP contribution is 2.22. The zero-order valence-electron chi connectivity index (χ0n) is 19.0. The second kappa shape index (κ2) is 9.53. The number of benzene rings is 1. The topological polar surface area (TPSA) is 77.4 Å². The van der Waals surface area contributed by atoms with E-state index in [2.05, 4.69) is 5.32 Å². The van der Waals surface area contributed by atoms with E-state index >= 15 is 0 Å². The van der Waals surface area contributed by atoms with Gasteiger partial charge in [0.25, 0.3) is 0 Å². The Bertz CT molecular complexity index is 1140. The molecule has 168 valence electrons. The van der Waals surface area contributed by atoms with Crippen molar-refractivity contribution in [3.8, 4) is 5.69 Å². The second-order valence-electron chi connectivity index (χ2n) is 8.65. The first-order valence-electron chi connectivity index (χ1n) is 10.4. The number of para-hydroxylation sites is 1. The molecule has 0 aliphatic heterocycles. The summed E-state index contributed by atoms with van der Waals surface area (Å²) in [5.74, 6) is -0.850. The molecule has 0 spiro atoms. The molecule has 2 heterocycles. The fourth-order valence-electron chi connectivity index (χ4n) is 3.28. The van der Waals surface area contributed by atoms with Crippen molar-refractivity contribution in [2.24, 2.45) is 5.41 Å². The monoisotopic (exact) mass is 452 g/mol. The summed E-state index contributed by atoms with van der Waals surface area (Å²) in [5.41, 5.74) is 2.60. The lowest BCUT2D eigenvalue weighted by Crippen LogP contribution is -2.34. The zero-order chi connectivity index (χ0) is 23.5. The highest BCUT2D eigenvalue weighted by atomic mass is 32.1. The third-order valence-electron chi connectivity index (χ3n) is 5.04. The molecule has 0 radical (unpaired) electrons. The summed E-state index contributed by atoms with van der Waals surface area (Å²) in [4.78, 5) is 38.5. The van der Waals surface area contributed by atoms with Gasteiger partial charge in [0.2, 0.25) is 11.7 Å². The number of amides is 1. The van der Waals surface area contributed by atoms with Crippen molar-refractivity contribution in [1.29, 1.82) is 0 Å². The SMILES string of the molecule is Cc1cc(C(=O)OCC(=O)c2ccc(CNC(=O)C(C)(C)C)s2)c(C)n1-c1ccccc1. The van der Waals surface area contributed by atoms with Crippen molar-refractivity contribution in [3.05, 3.63) is 75.2 Å². The second-order valence-corrected chi connectivity index (χ2v) is 9.82. The molecule has 7 heteroatoms. The third kappa shape index (κ3) is 5.34. The molecule has 0 saturated heterocycles. The summed E-state index contributed by atoms with van der Waals surface area (Å²) < 4.78 is 7.30. The summed E-state index contributed by atoms with van der Waals surface area (Å²) in [5, 5.41) is 2.86. The van der Waals surface area contributed by atoms with Gasteiger partial charge in [-0.25, -0.2) is 4.79 Å². The molecule has 0 fully saturated rings. The van der Waals surface area contributed by atoms with Gasteiger partial charge in [0.1, 0.15) is 0 Å². The minimum atomic E-state index is -0.525. The van der Waals surface area contributed by atoms with Gasteiger partial charge in [-0.05, 0) is 44.2 Å². The Morgan fingerprint density at radius 3 is 2.38 bits per heavy atom. The van der Waals surface area contributed by atoms with Gasteiger partial charge in [-0.3, -0.25) is 9.59 Å². The number of ether oxygens (including phenoxy) is 1. The van der Waals surface area contributed by atoms with Crippen LogP contribution in [-0.4, -0.2) is 28.8 Å². The van der Waals surface area contributed by atoms with Crippen LogP contribution in [0.15, 0.2) is 48.5 Å². The number of nitrogens with one attached hydrogen (secondary N) is 1. The molecule has 0 saturated carbocycles. The van der Waals surface area contributed by atoms with E-state index in [4.69, 9.17) is 4.74 Å². The maximum absolute atomic E-state index is 12.6. The number of Topliss-reactive ketones (excluding diaryl/α,β-unsaturated/α-hetero) is 1. The Hall–Kier alpha value is -3.19. The highest BCUT2D eigenvalue weighted by molar-refractivity contribution is 7.14. The number of esters is 1. The van der Waals surface area contributed by atoms with Crippen molar-refractivity contribution in [3.63, 3.8) is 0 Å². The number of carbonyl (C=O) groups is 3. The molecule has 0 bridgehead atoms. The van der Waals surface area contributed by atoms with Crippen LogP contribution < -0.4 is 5.32 Å². The van der Waals surface area contributed by atoms with E-state index in [0.29, 0.717) is 17.0 Å². The molecule has 2 aromatic heterocycles. The van der Waals surface area contributed by atoms with Crippen LogP contribution in [0.2, 0.25) is 0 Å². The summed E-state index contributed by atoms with van der Waals surface area (Å²) in [7, 11) is 0. The Labute approximate surface area is 192 Å². The lowest BCUT2D eigenvalue weighted by molar-refractivity contribution is -0.128. The maximum atomic E-state index is 12.6. The molecule has 3 rings (SSSR count). The average molecular weight is 453 g/mol. The van der Waals surface area contributed by atoms with Gasteiger partial charge in [0.05, 0.1) is 17.0 Å². The van der Waals surface area contributed by atoms with E-state index in [1.165, 1.54) is 11.3 Å². The van der Waals surface area contributed by atoms with Crippen molar-refractivity contribution in [2.45, 2.75) is 41.2 Å². The predicted molar refractivity (Wildman–Crippen MR) is 125 cm³/mol. The van der Waals surface area contributed by atoms with Gasteiger partial charge in [-0.1, -0.05) is 39.0 Å². The fourth-order valence-corrected chi connectivity index (χ4v) is 4.15.